The molecule has 0 saturated heterocycles. The monoisotopic (exact) mass is 492 g/mol. The number of fused-ring (bicyclic) bond motifs is 2. The number of hydrogen-bond acceptors (Lipinski definition) is 5. The Kier molecular flexibility index (Phi) is 6.93. The molecule has 0 bridgehead atoms. The smallest absolute Gasteiger partial charge is 0.303 e. The number of unbranched alkanes of at least 4 members (excludes halogenated alkanes) is 1. The molecule has 7 nitrogen and oxygen atoms in total. The summed E-state index contributed by atoms with van der Waals surface area (Å²) in [5.41, 5.74) is 4.96. The molecule has 1 aliphatic rings. The lowest BCUT2D eigenvalue weighted by atomic mass is 9.92. The molecular weight excluding hydrogens is 464 g/mol. The van der Waals surface area contributed by atoms with Crippen LogP contribution in [0, 0.1) is 6.92 Å². The summed E-state index contributed by atoms with van der Waals surface area (Å²) in [6.07, 6.45) is 0.941. The lowest BCUT2D eigenvalue weighted by Gasteiger charge is -2.32. The van der Waals surface area contributed by atoms with Crippen molar-refractivity contribution in [2.45, 2.75) is 37.5 Å². The maximum atomic E-state index is 13.9. The van der Waals surface area contributed by atoms with Gasteiger partial charge < -0.3 is 10.0 Å². The number of carbonyl (C=O) groups excluding carboxylic acids is 1. The van der Waals surface area contributed by atoms with E-state index in [1.54, 1.807) is 24.3 Å². The van der Waals surface area contributed by atoms with Crippen LogP contribution in [0.3, 0.4) is 0 Å². The predicted octanol–water partition coefficient (Wildman–Crippen LogP) is 4.75. The summed E-state index contributed by atoms with van der Waals surface area (Å²) in [5, 5.41) is 8.96. The molecule has 0 atom stereocenters. The number of anilines is 2. The molecule has 1 amide bonds. The van der Waals surface area contributed by atoms with Crippen LogP contribution >= 0.6 is 0 Å². The lowest BCUT2D eigenvalue weighted by molar-refractivity contribution is -0.137. The topological polar surface area (TPSA) is 95.0 Å². The Bertz CT molecular complexity index is 1370. The van der Waals surface area contributed by atoms with E-state index in [4.69, 9.17) is 5.11 Å². The Balaban J connectivity index is 1.73. The first-order valence-electron chi connectivity index (χ1n) is 11.5. The number of nitrogens with zero attached hydrogens (tertiary/aromatic N) is 2. The Morgan fingerprint density at radius 2 is 1.63 bits per heavy atom. The van der Waals surface area contributed by atoms with Crippen molar-refractivity contribution in [2.24, 2.45) is 0 Å². The van der Waals surface area contributed by atoms with Crippen molar-refractivity contribution in [3.05, 3.63) is 89.0 Å². The van der Waals surface area contributed by atoms with Gasteiger partial charge in [-0.05, 0) is 61.2 Å². The number of hydrogen-bond donors (Lipinski definition) is 1. The van der Waals surface area contributed by atoms with Gasteiger partial charge in [-0.25, -0.2) is 12.7 Å². The third-order valence-electron chi connectivity index (χ3n) is 6.30. The minimum Gasteiger partial charge on any atom is -0.481 e. The normalized spacial score (nSPS) is 12.6. The predicted molar refractivity (Wildman–Crippen MR) is 135 cm³/mol. The summed E-state index contributed by atoms with van der Waals surface area (Å²) in [6.45, 7) is 1.76. The van der Waals surface area contributed by atoms with E-state index in [9.17, 15) is 18.0 Å². The highest BCUT2D eigenvalue weighted by Crippen LogP contribution is 2.39. The van der Waals surface area contributed by atoms with Crippen molar-refractivity contribution in [1.82, 2.24) is 4.31 Å². The van der Waals surface area contributed by atoms with Gasteiger partial charge >= 0.3 is 5.97 Å². The highest BCUT2D eigenvalue weighted by molar-refractivity contribution is 7.89. The number of aliphatic carboxylic acids is 1. The second kappa shape index (κ2) is 9.92. The summed E-state index contributed by atoms with van der Waals surface area (Å²) in [7, 11) is -2.22. The van der Waals surface area contributed by atoms with Crippen molar-refractivity contribution in [3.63, 3.8) is 0 Å². The molecular formula is C27H28N2O5S. The number of carbonyl (C=O) groups is 2. The molecule has 35 heavy (non-hydrogen) atoms. The van der Waals surface area contributed by atoms with Crippen LogP contribution in [0.1, 0.15) is 46.3 Å². The molecule has 0 unspecified atom stereocenters. The Morgan fingerprint density at radius 3 is 2.34 bits per heavy atom. The molecule has 0 aliphatic carbocycles. The molecule has 0 radical (unpaired) electrons. The molecule has 1 heterocycles. The van der Waals surface area contributed by atoms with Gasteiger partial charge in [-0.1, -0.05) is 42.0 Å². The summed E-state index contributed by atoms with van der Waals surface area (Å²) < 4.78 is 28.1. The number of rotatable bonds is 8. The molecule has 1 aliphatic heterocycles. The van der Waals surface area contributed by atoms with Gasteiger partial charge in [0.05, 0.1) is 4.90 Å². The zero-order valence-corrected chi connectivity index (χ0v) is 20.6. The fourth-order valence-electron chi connectivity index (χ4n) is 4.42. The van der Waals surface area contributed by atoms with Crippen molar-refractivity contribution in [2.75, 3.05) is 18.5 Å². The van der Waals surface area contributed by atoms with E-state index < -0.39 is 21.9 Å². The SMILES string of the molecule is Cc1ccc(S(=O)(=O)N(CCCCC(=O)O)C(=O)c2cccc3c2Cc2ccccc2N3C)cc1. The average molecular weight is 493 g/mol. The van der Waals surface area contributed by atoms with Gasteiger partial charge in [-0.15, -0.1) is 0 Å². The van der Waals surface area contributed by atoms with E-state index in [1.165, 1.54) is 12.1 Å². The molecule has 0 saturated carbocycles. The van der Waals surface area contributed by atoms with E-state index in [-0.39, 0.29) is 30.7 Å². The Labute approximate surface area is 205 Å². The van der Waals surface area contributed by atoms with Crippen LogP contribution in [-0.4, -0.2) is 43.3 Å². The molecule has 3 aromatic carbocycles. The van der Waals surface area contributed by atoms with Gasteiger partial charge in [0, 0.05) is 43.4 Å². The van der Waals surface area contributed by atoms with Crippen LogP contribution in [0.15, 0.2) is 71.6 Å². The van der Waals surface area contributed by atoms with Crippen LogP contribution in [0.25, 0.3) is 0 Å². The fourth-order valence-corrected chi connectivity index (χ4v) is 5.84. The van der Waals surface area contributed by atoms with Crippen molar-refractivity contribution >= 4 is 33.3 Å². The Hall–Kier alpha value is -3.65. The molecule has 8 heteroatoms. The number of benzene rings is 3. The molecule has 0 fully saturated rings. The van der Waals surface area contributed by atoms with Crippen LogP contribution in [0.2, 0.25) is 0 Å². The number of carboxylic acids is 1. The minimum atomic E-state index is -4.14. The summed E-state index contributed by atoms with van der Waals surface area (Å²) in [4.78, 5) is 26.8. The van der Waals surface area contributed by atoms with E-state index in [2.05, 4.69) is 0 Å². The van der Waals surface area contributed by atoms with E-state index in [1.807, 2.05) is 49.2 Å². The first-order valence-corrected chi connectivity index (χ1v) is 12.9. The largest absolute Gasteiger partial charge is 0.481 e. The summed E-state index contributed by atoms with van der Waals surface area (Å²) >= 11 is 0. The third-order valence-corrected chi connectivity index (χ3v) is 8.10. The van der Waals surface area contributed by atoms with E-state index >= 15 is 0 Å². The Morgan fingerprint density at radius 1 is 0.943 bits per heavy atom. The number of para-hydroxylation sites is 1. The summed E-state index contributed by atoms with van der Waals surface area (Å²) in [6, 6.07) is 19.6. The highest BCUT2D eigenvalue weighted by Gasteiger charge is 2.33. The van der Waals surface area contributed by atoms with Gasteiger partial charge in [0.2, 0.25) is 0 Å². The number of carboxylic acid groups (broad SMARTS) is 1. The second-order valence-electron chi connectivity index (χ2n) is 8.71. The van der Waals surface area contributed by atoms with Gasteiger partial charge in [0.25, 0.3) is 15.9 Å². The van der Waals surface area contributed by atoms with Crippen LogP contribution < -0.4 is 4.90 Å². The maximum Gasteiger partial charge on any atom is 0.303 e. The quantitative estimate of drug-likeness (QED) is 0.456. The van der Waals surface area contributed by atoms with Gasteiger partial charge in [-0.2, -0.15) is 0 Å². The zero-order chi connectivity index (χ0) is 25.2. The number of amides is 1. The number of aryl methyl sites for hydroxylation is 1. The van der Waals surface area contributed by atoms with Gasteiger partial charge in [0.15, 0.2) is 0 Å². The lowest BCUT2D eigenvalue weighted by Crippen LogP contribution is -2.38. The third kappa shape index (κ3) is 4.93. The second-order valence-corrected chi connectivity index (χ2v) is 10.6. The van der Waals surface area contributed by atoms with Crippen molar-refractivity contribution in [3.8, 4) is 0 Å². The molecule has 4 rings (SSSR count). The molecule has 0 aromatic heterocycles. The van der Waals surface area contributed by atoms with Gasteiger partial charge in [-0.3, -0.25) is 9.59 Å². The van der Waals surface area contributed by atoms with Crippen LogP contribution in [0.5, 0.6) is 0 Å². The highest BCUT2D eigenvalue weighted by atomic mass is 32.2. The minimum absolute atomic E-state index is 0.0296. The van der Waals surface area contributed by atoms with Gasteiger partial charge in [0.1, 0.15) is 0 Å². The average Bonchev–Trinajstić information content (AvgIpc) is 2.83. The fraction of sp³-hybridized carbons (Fsp3) is 0.259. The van der Waals surface area contributed by atoms with Crippen LogP contribution in [-0.2, 0) is 21.2 Å². The zero-order valence-electron chi connectivity index (χ0n) is 19.8. The molecule has 0 spiro atoms. The first-order chi connectivity index (χ1) is 16.7. The van der Waals surface area contributed by atoms with E-state index in [0.717, 1.165) is 32.4 Å². The standard InChI is InChI=1S/C27H28N2O5S/c1-19-13-15-21(16-14-19)35(33,34)29(17-6-5-12-26(30)31)27(32)22-9-7-11-25-23(22)18-20-8-3-4-10-24(20)28(25)2/h3-4,7-11,13-16H,5-6,12,17-18H2,1-2H3,(H,30,31). The van der Waals surface area contributed by atoms with Crippen molar-refractivity contribution in [1.29, 1.82) is 0 Å². The van der Waals surface area contributed by atoms with Crippen molar-refractivity contribution < 1.29 is 23.1 Å². The first kappa shape index (κ1) is 24.5. The number of sulfonamides is 1. The molecule has 182 valence electrons. The molecule has 1 N–H and O–H groups in total. The maximum absolute atomic E-state index is 13.9. The molecule has 3 aromatic rings. The van der Waals surface area contributed by atoms with E-state index in [0.29, 0.717) is 12.0 Å². The van der Waals surface area contributed by atoms with Crippen LogP contribution in [0.4, 0.5) is 11.4 Å². The summed E-state index contributed by atoms with van der Waals surface area (Å²) in [5.74, 6) is -1.56.